The van der Waals surface area contributed by atoms with Gasteiger partial charge in [0.25, 0.3) is 8.32 Å². The molecule has 0 amide bonds. The van der Waals surface area contributed by atoms with E-state index in [4.69, 9.17) is 23.4 Å². The Morgan fingerprint density at radius 3 is 2.61 bits per heavy atom. The average molecular weight is 549 g/mol. The third kappa shape index (κ3) is 5.38. The van der Waals surface area contributed by atoms with Gasteiger partial charge in [0.05, 0.1) is 25.9 Å². The van der Waals surface area contributed by atoms with Crippen LogP contribution in [0.5, 0.6) is 11.5 Å². The van der Waals surface area contributed by atoms with Gasteiger partial charge in [0, 0.05) is 24.5 Å². The van der Waals surface area contributed by atoms with Gasteiger partial charge in [-0.1, -0.05) is 53.9 Å². The van der Waals surface area contributed by atoms with Crippen LogP contribution in [0.25, 0.3) is 0 Å². The van der Waals surface area contributed by atoms with E-state index >= 15 is 0 Å². The Labute approximate surface area is 229 Å². The molecule has 1 spiro atoms. The van der Waals surface area contributed by atoms with Crippen molar-refractivity contribution in [3.05, 3.63) is 22.8 Å². The summed E-state index contributed by atoms with van der Waals surface area (Å²) in [5.41, 5.74) is 2.40. The van der Waals surface area contributed by atoms with Crippen molar-refractivity contribution in [2.45, 2.75) is 116 Å². The van der Waals surface area contributed by atoms with E-state index in [1.54, 1.807) is 0 Å². The number of hydrogen-bond donors (Lipinski definition) is 1. The summed E-state index contributed by atoms with van der Waals surface area (Å²) in [5, 5.41) is 9.58. The van der Waals surface area contributed by atoms with Crippen molar-refractivity contribution >= 4 is 14.3 Å². The highest BCUT2D eigenvalue weighted by molar-refractivity contribution is 6.74. The normalized spacial score (nSPS) is 28.7. The summed E-state index contributed by atoms with van der Waals surface area (Å²) in [6.45, 7) is 15.9. The number of benzene rings is 1. The number of rotatable bonds is 9. The van der Waals surface area contributed by atoms with Crippen molar-refractivity contribution in [3.63, 3.8) is 0 Å². The monoisotopic (exact) mass is 548 g/mol. The number of methoxy groups -OCH3 is 1. The van der Waals surface area contributed by atoms with E-state index < -0.39 is 20.1 Å². The number of ether oxygens (including phenoxy) is 4. The molecule has 1 aromatic carbocycles. The van der Waals surface area contributed by atoms with Crippen molar-refractivity contribution in [2.75, 3.05) is 20.3 Å². The minimum Gasteiger partial charge on any atom is -0.543 e. The molecule has 3 aliphatic heterocycles. The van der Waals surface area contributed by atoms with Crippen LogP contribution in [-0.2, 0) is 20.6 Å². The van der Waals surface area contributed by atoms with Crippen LogP contribution in [0.4, 0.5) is 0 Å². The first-order valence-electron chi connectivity index (χ1n) is 14.4. The highest BCUT2D eigenvalue weighted by atomic mass is 28.4. The zero-order valence-corrected chi connectivity index (χ0v) is 25.6. The Kier molecular flexibility index (Phi) is 8.58. The molecule has 8 heteroatoms. The third-order valence-electron chi connectivity index (χ3n) is 9.37. The molecule has 1 saturated heterocycles. The van der Waals surface area contributed by atoms with Gasteiger partial charge in [-0.15, -0.1) is 0 Å². The van der Waals surface area contributed by atoms with Crippen molar-refractivity contribution in [1.82, 2.24) is 0 Å². The van der Waals surface area contributed by atoms with E-state index in [2.05, 4.69) is 53.8 Å². The van der Waals surface area contributed by atoms with Gasteiger partial charge in [-0.05, 0) is 54.9 Å². The third-order valence-corrected chi connectivity index (χ3v) is 13.7. The highest BCUT2D eigenvalue weighted by Crippen LogP contribution is 2.56. The number of carbonyl (C=O) groups is 1. The van der Waals surface area contributed by atoms with E-state index in [0.29, 0.717) is 36.5 Å². The molecule has 5 atom stereocenters. The molecule has 3 aliphatic rings. The molecule has 7 nitrogen and oxygen atoms in total. The predicted molar refractivity (Wildman–Crippen MR) is 149 cm³/mol. The number of aliphatic hydroxyl groups is 1. The lowest BCUT2D eigenvalue weighted by Gasteiger charge is -2.46. The number of carbonyl (C=O) groups excluding carboxylic acids is 1. The van der Waals surface area contributed by atoms with Crippen LogP contribution in [0.3, 0.4) is 0 Å². The van der Waals surface area contributed by atoms with Gasteiger partial charge in [-0.2, -0.15) is 0 Å². The summed E-state index contributed by atoms with van der Waals surface area (Å²) >= 11 is 0. The largest absolute Gasteiger partial charge is 0.543 e. The van der Waals surface area contributed by atoms with Crippen molar-refractivity contribution < 1.29 is 33.3 Å². The molecule has 3 heterocycles. The lowest BCUT2D eigenvalue weighted by Crippen LogP contribution is -2.49. The first-order valence-corrected chi connectivity index (χ1v) is 17.3. The predicted octanol–water partition coefficient (Wildman–Crippen LogP) is 6.56. The van der Waals surface area contributed by atoms with E-state index in [-0.39, 0.29) is 35.7 Å². The Morgan fingerprint density at radius 1 is 1.24 bits per heavy atom. The number of aliphatic hydroxyl groups excluding tert-OH is 1. The molecule has 0 radical (unpaired) electrons. The van der Waals surface area contributed by atoms with Crippen LogP contribution in [0.1, 0.15) is 101 Å². The molecule has 0 unspecified atom stereocenters. The second kappa shape index (κ2) is 11.1. The molecule has 38 heavy (non-hydrogen) atoms. The summed E-state index contributed by atoms with van der Waals surface area (Å²) in [7, 11) is -0.892. The van der Waals surface area contributed by atoms with E-state index in [9.17, 15) is 9.90 Å². The maximum atomic E-state index is 13.4. The molecule has 1 aromatic rings. The molecular formula is C30H48O7Si. The van der Waals surface area contributed by atoms with E-state index in [1.807, 2.05) is 0 Å². The minimum atomic E-state index is -2.29. The molecule has 0 aromatic heterocycles. The zero-order chi connectivity index (χ0) is 27.9. The van der Waals surface area contributed by atoms with Crippen LogP contribution in [-0.4, -0.2) is 51.6 Å². The molecule has 1 N–H and O–H groups in total. The maximum absolute atomic E-state index is 13.4. The first-order chi connectivity index (χ1) is 17.9. The summed E-state index contributed by atoms with van der Waals surface area (Å²) < 4.78 is 32.0. The molecule has 1 fully saturated rings. The topological polar surface area (TPSA) is 83.5 Å². The highest BCUT2D eigenvalue weighted by Gasteiger charge is 2.56. The number of esters is 1. The van der Waals surface area contributed by atoms with Gasteiger partial charge in [0.1, 0.15) is 17.1 Å². The number of hydrogen-bond acceptors (Lipinski definition) is 7. The average Bonchev–Trinajstić information content (AvgIpc) is 3.12. The molecule has 0 saturated carbocycles. The van der Waals surface area contributed by atoms with Gasteiger partial charge in [0.2, 0.25) is 5.79 Å². The standard InChI is InChI=1S/C30H48O7Si/c1-9-10-11-12-22-15-21-16-23(37-38(7,8)29(3,4)5)26(28(32)33-6)27-25(21)24(35-22)17-30(36-27)19(2)20(13-14-31)18-34-30/h16,19-20,22,24,31H,9-15,17-18H2,1-8H3/t19-,20+,22+,24-,30-/m0/s1. The van der Waals surface area contributed by atoms with Gasteiger partial charge in [0.15, 0.2) is 0 Å². The molecule has 0 bridgehead atoms. The van der Waals surface area contributed by atoms with Crippen LogP contribution >= 0.6 is 0 Å². The van der Waals surface area contributed by atoms with Crippen LogP contribution in [0.2, 0.25) is 18.1 Å². The Hall–Kier alpha value is -1.61. The van der Waals surface area contributed by atoms with Gasteiger partial charge < -0.3 is 28.5 Å². The Bertz CT molecular complexity index is 1020. The van der Waals surface area contributed by atoms with E-state index in [1.165, 1.54) is 20.0 Å². The van der Waals surface area contributed by atoms with Crippen molar-refractivity contribution in [1.29, 1.82) is 0 Å². The Balaban J connectivity index is 1.85. The van der Waals surface area contributed by atoms with Gasteiger partial charge in [-0.25, -0.2) is 4.79 Å². The minimum absolute atomic E-state index is 0.0192. The Morgan fingerprint density at radius 2 is 1.97 bits per heavy atom. The lowest BCUT2D eigenvalue weighted by molar-refractivity contribution is -0.214. The van der Waals surface area contributed by atoms with Gasteiger partial charge >= 0.3 is 5.97 Å². The summed E-state index contributed by atoms with van der Waals surface area (Å²) in [6, 6.07) is 2.06. The zero-order valence-electron chi connectivity index (χ0n) is 24.6. The van der Waals surface area contributed by atoms with Crippen molar-refractivity contribution in [3.8, 4) is 11.5 Å². The fourth-order valence-electron chi connectivity index (χ4n) is 5.89. The van der Waals surface area contributed by atoms with Crippen LogP contribution in [0.15, 0.2) is 6.07 Å². The second-order valence-corrected chi connectivity index (χ2v) is 17.7. The molecule has 4 rings (SSSR count). The quantitative estimate of drug-likeness (QED) is 0.212. The summed E-state index contributed by atoms with van der Waals surface area (Å²) in [5.74, 6) is -0.195. The maximum Gasteiger partial charge on any atom is 0.345 e. The van der Waals surface area contributed by atoms with Crippen molar-refractivity contribution in [2.24, 2.45) is 11.8 Å². The summed E-state index contributed by atoms with van der Waals surface area (Å²) in [4.78, 5) is 13.4. The van der Waals surface area contributed by atoms with Crippen LogP contribution in [0, 0.1) is 11.8 Å². The SMILES string of the molecule is CCCCC[C@@H]1Cc2cc(O[Si](C)(C)C(C)(C)C)c(C(=O)OC)c3c2[C@H](C[C@]2(OC[C@@H](CCO)[C@@H]2C)O3)O1. The fourth-order valence-corrected chi connectivity index (χ4v) is 6.91. The lowest BCUT2D eigenvalue weighted by atomic mass is 9.79. The van der Waals surface area contributed by atoms with Crippen LogP contribution < -0.4 is 9.16 Å². The fraction of sp³-hybridized carbons (Fsp3) is 0.767. The molecule has 0 aliphatic carbocycles. The molecular weight excluding hydrogens is 500 g/mol. The smallest absolute Gasteiger partial charge is 0.345 e. The first kappa shape index (κ1) is 29.4. The van der Waals surface area contributed by atoms with Gasteiger partial charge in [-0.3, -0.25) is 0 Å². The second-order valence-electron chi connectivity index (χ2n) is 12.9. The van der Waals surface area contributed by atoms with E-state index in [0.717, 1.165) is 30.4 Å². The molecule has 214 valence electrons. The summed E-state index contributed by atoms with van der Waals surface area (Å²) in [6.07, 6.45) is 6.28. The number of unbranched alkanes of at least 4 members (excludes halogenated alkanes) is 2.